The standard InChI is InChI=1S/C19H20N4O6/c24-14-2-1-3-15(25)21(14)11-8-20(9-12-22-16(26)4-5-17(22)27)10-13-23-18(28)6-7-19(23)29/h1-2,4-7H,3,8-13H2. The first-order valence-corrected chi connectivity index (χ1v) is 9.17. The van der Waals surface area contributed by atoms with E-state index in [2.05, 4.69) is 0 Å². The first-order valence-electron chi connectivity index (χ1n) is 9.17. The Morgan fingerprint density at radius 2 is 0.966 bits per heavy atom. The van der Waals surface area contributed by atoms with Gasteiger partial charge in [-0.05, 0) is 0 Å². The number of carbonyl (C=O) groups excluding carboxylic acids is 6. The number of carbonyl (C=O) groups is 6. The zero-order valence-electron chi connectivity index (χ0n) is 15.7. The number of imide groups is 3. The maximum absolute atomic E-state index is 11.9. The highest BCUT2D eigenvalue weighted by atomic mass is 16.2. The molecule has 29 heavy (non-hydrogen) atoms. The summed E-state index contributed by atoms with van der Waals surface area (Å²) in [6.07, 6.45) is 7.76. The molecule has 3 heterocycles. The molecule has 0 radical (unpaired) electrons. The van der Waals surface area contributed by atoms with Crippen LogP contribution < -0.4 is 0 Å². The Bertz CT molecular complexity index is 777. The van der Waals surface area contributed by atoms with E-state index in [1.54, 1.807) is 4.90 Å². The number of amides is 6. The van der Waals surface area contributed by atoms with Crippen LogP contribution in [0.4, 0.5) is 0 Å². The molecule has 152 valence electrons. The lowest BCUT2D eigenvalue weighted by Gasteiger charge is -2.29. The second kappa shape index (κ2) is 8.74. The quantitative estimate of drug-likeness (QED) is 0.431. The third kappa shape index (κ3) is 4.72. The molecule has 3 aliphatic rings. The molecular formula is C19H20N4O6. The maximum atomic E-state index is 11.9. The summed E-state index contributed by atoms with van der Waals surface area (Å²) in [5, 5.41) is 0. The van der Waals surface area contributed by atoms with Crippen molar-refractivity contribution in [3.63, 3.8) is 0 Å². The van der Waals surface area contributed by atoms with Crippen molar-refractivity contribution in [1.29, 1.82) is 0 Å². The highest BCUT2D eigenvalue weighted by molar-refractivity contribution is 6.13. The lowest BCUT2D eigenvalue weighted by atomic mass is 10.2. The van der Waals surface area contributed by atoms with Gasteiger partial charge in [0.15, 0.2) is 0 Å². The average molecular weight is 400 g/mol. The third-order valence-electron chi connectivity index (χ3n) is 4.84. The van der Waals surface area contributed by atoms with Crippen molar-refractivity contribution in [2.24, 2.45) is 0 Å². The fraction of sp³-hybridized carbons (Fsp3) is 0.368. The van der Waals surface area contributed by atoms with Crippen LogP contribution in [-0.2, 0) is 28.8 Å². The molecule has 0 aliphatic carbocycles. The van der Waals surface area contributed by atoms with Crippen molar-refractivity contribution < 1.29 is 28.8 Å². The highest BCUT2D eigenvalue weighted by Gasteiger charge is 2.27. The third-order valence-corrected chi connectivity index (χ3v) is 4.84. The molecule has 0 saturated carbocycles. The van der Waals surface area contributed by atoms with Crippen molar-refractivity contribution in [2.45, 2.75) is 6.42 Å². The minimum atomic E-state index is -0.407. The van der Waals surface area contributed by atoms with Crippen molar-refractivity contribution in [1.82, 2.24) is 19.6 Å². The van der Waals surface area contributed by atoms with Crippen LogP contribution in [-0.4, -0.2) is 94.3 Å². The SMILES string of the molecule is O=C1C=CC(=O)N1CCN(CCN1C(=O)C=CC1=O)CCN1C(=O)C=CCC1=O. The van der Waals surface area contributed by atoms with E-state index in [0.717, 1.165) is 14.7 Å². The van der Waals surface area contributed by atoms with E-state index >= 15 is 0 Å². The normalized spacial score (nSPS) is 19.1. The summed E-state index contributed by atoms with van der Waals surface area (Å²) in [4.78, 5) is 75.9. The van der Waals surface area contributed by atoms with Gasteiger partial charge in [-0.1, -0.05) is 6.08 Å². The molecule has 0 saturated heterocycles. The van der Waals surface area contributed by atoms with Crippen LogP contribution in [0, 0.1) is 0 Å². The fourth-order valence-corrected chi connectivity index (χ4v) is 3.18. The van der Waals surface area contributed by atoms with E-state index in [4.69, 9.17) is 0 Å². The van der Waals surface area contributed by atoms with Gasteiger partial charge >= 0.3 is 0 Å². The van der Waals surface area contributed by atoms with Gasteiger partial charge in [-0.2, -0.15) is 0 Å². The minimum absolute atomic E-state index is 0.118. The van der Waals surface area contributed by atoms with Crippen LogP contribution in [0.2, 0.25) is 0 Å². The smallest absolute Gasteiger partial charge is 0.253 e. The predicted molar refractivity (Wildman–Crippen MR) is 98.6 cm³/mol. The summed E-state index contributed by atoms with van der Waals surface area (Å²) in [5.41, 5.74) is 0. The van der Waals surface area contributed by atoms with Crippen LogP contribution in [0.1, 0.15) is 6.42 Å². The van der Waals surface area contributed by atoms with E-state index in [1.165, 1.54) is 36.5 Å². The van der Waals surface area contributed by atoms with Gasteiger partial charge in [0.25, 0.3) is 29.5 Å². The van der Waals surface area contributed by atoms with Crippen LogP contribution in [0.15, 0.2) is 36.5 Å². The van der Waals surface area contributed by atoms with Crippen molar-refractivity contribution in [3.05, 3.63) is 36.5 Å². The summed E-state index contributed by atoms with van der Waals surface area (Å²) >= 11 is 0. The van der Waals surface area contributed by atoms with E-state index < -0.39 is 29.5 Å². The zero-order valence-corrected chi connectivity index (χ0v) is 15.7. The summed E-state index contributed by atoms with van der Waals surface area (Å²) in [7, 11) is 0. The Morgan fingerprint density at radius 1 is 0.586 bits per heavy atom. The second-order valence-corrected chi connectivity index (χ2v) is 6.65. The molecule has 0 atom stereocenters. The van der Waals surface area contributed by atoms with E-state index in [1.807, 2.05) is 0 Å². The second-order valence-electron chi connectivity index (χ2n) is 6.65. The molecule has 0 spiro atoms. The van der Waals surface area contributed by atoms with Gasteiger partial charge in [-0.3, -0.25) is 48.4 Å². The molecule has 0 aromatic rings. The number of hydrogen-bond acceptors (Lipinski definition) is 7. The molecule has 0 bridgehead atoms. The van der Waals surface area contributed by atoms with Gasteiger partial charge < -0.3 is 0 Å². The van der Waals surface area contributed by atoms with Crippen LogP contribution >= 0.6 is 0 Å². The lowest BCUT2D eigenvalue weighted by molar-refractivity contribution is -0.142. The molecular weight excluding hydrogens is 380 g/mol. The monoisotopic (exact) mass is 400 g/mol. The first-order chi connectivity index (χ1) is 13.9. The molecule has 0 aromatic carbocycles. The van der Waals surface area contributed by atoms with Gasteiger partial charge in [0.05, 0.1) is 0 Å². The molecule has 0 N–H and O–H groups in total. The minimum Gasteiger partial charge on any atom is -0.298 e. The van der Waals surface area contributed by atoms with Crippen molar-refractivity contribution in [3.8, 4) is 0 Å². The first kappa shape index (κ1) is 20.3. The molecule has 10 nitrogen and oxygen atoms in total. The van der Waals surface area contributed by atoms with Crippen LogP contribution in [0.25, 0.3) is 0 Å². The van der Waals surface area contributed by atoms with E-state index in [9.17, 15) is 28.8 Å². The van der Waals surface area contributed by atoms with Gasteiger partial charge in [0.1, 0.15) is 0 Å². The Balaban J connectivity index is 1.59. The van der Waals surface area contributed by atoms with Gasteiger partial charge in [-0.25, -0.2) is 0 Å². The fourth-order valence-electron chi connectivity index (χ4n) is 3.18. The van der Waals surface area contributed by atoms with Crippen LogP contribution in [0.3, 0.4) is 0 Å². The Labute approximate surface area is 166 Å². The largest absolute Gasteiger partial charge is 0.298 e. The topological polar surface area (TPSA) is 115 Å². The predicted octanol–water partition coefficient (Wildman–Crippen LogP) is -1.55. The average Bonchev–Trinajstić information content (AvgIpc) is 3.17. The molecule has 6 amide bonds. The summed E-state index contributed by atoms with van der Waals surface area (Å²) in [5.74, 6) is -2.33. The molecule has 0 aromatic heterocycles. The molecule has 3 aliphatic heterocycles. The lowest BCUT2D eigenvalue weighted by Crippen LogP contribution is -2.47. The number of hydrogen-bond donors (Lipinski definition) is 0. The number of nitrogens with zero attached hydrogens (tertiary/aromatic N) is 4. The Hall–Kier alpha value is -3.40. The summed E-state index contributed by atoms with van der Waals surface area (Å²) in [6.45, 7) is 1.18. The van der Waals surface area contributed by atoms with E-state index in [0.29, 0.717) is 0 Å². The Morgan fingerprint density at radius 3 is 1.38 bits per heavy atom. The van der Waals surface area contributed by atoms with Crippen LogP contribution in [0.5, 0.6) is 0 Å². The highest BCUT2D eigenvalue weighted by Crippen LogP contribution is 2.08. The molecule has 10 heteroatoms. The maximum Gasteiger partial charge on any atom is 0.253 e. The molecule has 0 unspecified atom stereocenters. The van der Waals surface area contributed by atoms with E-state index in [-0.39, 0.29) is 51.6 Å². The zero-order chi connectivity index (χ0) is 21.0. The molecule has 0 fully saturated rings. The van der Waals surface area contributed by atoms with Gasteiger partial charge in [0.2, 0.25) is 5.91 Å². The van der Waals surface area contributed by atoms with Gasteiger partial charge in [-0.15, -0.1) is 0 Å². The van der Waals surface area contributed by atoms with Gasteiger partial charge in [0, 0.05) is 76.1 Å². The Kier molecular flexibility index (Phi) is 6.13. The molecule has 3 rings (SSSR count). The van der Waals surface area contributed by atoms with Crippen molar-refractivity contribution >= 4 is 35.4 Å². The summed E-state index contributed by atoms with van der Waals surface area (Å²) < 4.78 is 0. The summed E-state index contributed by atoms with van der Waals surface area (Å²) in [6, 6.07) is 0. The number of rotatable bonds is 9. The van der Waals surface area contributed by atoms with Crippen molar-refractivity contribution in [2.75, 3.05) is 39.3 Å².